The summed E-state index contributed by atoms with van der Waals surface area (Å²) in [5.41, 5.74) is 19.4. The third kappa shape index (κ3) is 7.28. The number of benzene rings is 9. The van der Waals surface area contributed by atoms with E-state index in [0.29, 0.717) is 6.67 Å². The highest BCUT2D eigenvalue weighted by Crippen LogP contribution is 2.56. The molecule has 0 atom stereocenters. The van der Waals surface area contributed by atoms with Crippen LogP contribution in [0.4, 0.5) is 22.7 Å². The molecular weight excluding hydrogens is 839 g/mol. The molecule has 0 saturated carbocycles. The second-order valence-corrected chi connectivity index (χ2v) is 19.2. The van der Waals surface area contributed by atoms with Crippen LogP contribution in [0.25, 0.3) is 44.6 Å². The SMILES string of the molecule is CC(C)(C)c1cc(-c2ccccc2)c(N2CN(c3cccc(Oc4cccc(-c5cc(C6(c7ccccc7)c7ccccc7-c7ccccc76)ccn5)c4)c3)c3ccccc32)c(-c2ccccc2)c1. The Morgan fingerprint density at radius 3 is 1.58 bits per heavy atom. The van der Waals surface area contributed by atoms with E-state index in [1.54, 1.807) is 0 Å². The molecule has 0 bridgehead atoms. The molecule has 2 heterocycles. The minimum Gasteiger partial charge on any atom is -0.457 e. The Morgan fingerprint density at radius 1 is 0.435 bits per heavy atom. The lowest BCUT2D eigenvalue weighted by Crippen LogP contribution is -2.28. The number of nitrogens with zero attached hydrogens (tertiary/aromatic N) is 3. The first kappa shape index (κ1) is 41.9. The van der Waals surface area contributed by atoms with Gasteiger partial charge in [-0.25, -0.2) is 0 Å². The van der Waals surface area contributed by atoms with Gasteiger partial charge in [0.1, 0.15) is 18.2 Å². The molecular formula is C65H51N3O. The number of pyridine rings is 1. The predicted molar refractivity (Wildman–Crippen MR) is 285 cm³/mol. The zero-order valence-corrected chi connectivity index (χ0v) is 39.1. The number of anilines is 4. The van der Waals surface area contributed by atoms with Crippen molar-refractivity contribution >= 4 is 22.7 Å². The summed E-state index contributed by atoms with van der Waals surface area (Å²) in [5, 5.41) is 0. The summed E-state index contributed by atoms with van der Waals surface area (Å²) >= 11 is 0. The lowest BCUT2D eigenvalue weighted by molar-refractivity contribution is 0.483. The van der Waals surface area contributed by atoms with Gasteiger partial charge in [0.25, 0.3) is 0 Å². The second-order valence-electron chi connectivity index (χ2n) is 19.2. The van der Waals surface area contributed by atoms with Crippen LogP contribution in [0.1, 0.15) is 48.6 Å². The van der Waals surface area contributed by atoms with Crippen molar-refractivity contribution in [3.05, 3.63) is 271 Å². The molecule has 0 spiro atoms. The van der Waals surface area contributed by atoms with Crippen LogP contribution < -0.4 is 14.5 Å². The van der Waals surface area contributed by atoms with Crippen LogP contribution >= 0.6 is 0 Å². The van der Waals surface area contributed by atoms with E-state index in [4.69, 9.17) is 9.72 Å². The van der Waals surface area contributed by atoms with Gasteiger partial charge in [-0.15, -0.1) is 0 Å². The van der Waals surface area contributed by atoms with E-state index in [1.165, 1.54) is 66.9 Å². The van der Waals surface area contributed by atoms with Crippen LogP contribution in [-0.2, 0) is 10.8 Å². The molecule has 69 heavy (non-hydrogen) atoms. The molecule has 0 N–H and O–H groups in total. The Bertz CT molecular complexity index is 3400. The van der Waals surface area contributed by atoms with Gasteiger partial charge in [-0.2, -0.15) is 0 Å². The number of aromatic nitrogens is 1. The quantitative estimate of drug-likeness (QED) is 0.144. The number of fused-ring (bicyclic) bond motifs is 4. The van der Waals surface area contributed by atoms with Crippen molar-refractivity contribution in [1.82, 2.24) is 4.98 Å². The van der Waals surface area contributed by atoms with Crippen molar-refractivity contribution in [3.63, 3.8) is 0 Å². The normalized spacial score (nSPS) is 13.4. The summed E-state index contributed by atoms with van der Waals surface area (Å²) in [6, 6.07) is 85.1. The van der Waals surface area contributed by atoms with E-state index < -0.39 is 5.41 Å². The average molecular weight is 890 g/mol. The summed E-state index contributed by atoms with van der Waals surface area (Å²) in [7, 11) is 0. The fourth-order valence-corrected chi connectivity index (χ4v) is 10.8. The summed E-state index contributed by atoms with van der Waals surface area (Å²) in [5.74, 6) is 1.50. The largest absolute Gasteiger partial charge is 0.457 e. The molecule has 10 aromatic rings. The summed E-state index contributed by atoms with van der Waals surface area (Å²) in [4.78, 5) is 9.88. The number of hydrogen-bond acceptors (Lipinski definition) is 4. The minimum atomic E-state index is -0.507. The Balaban J connectivity index is 0.898. The molecule has 1 aromatic heterocycles. The maximum absolute atomic E-state index is 6.78. The fraction of sp³-hybridized carbons (Fsp3) is 0.0923. The highest BCUT2D eigenvalue weighted by atomic mass is 16.5. The predicted octanol–water partition coefficient (Wildman–Crippen LogP) is 16.8. The van der Waals surface area contributed by atoms with Crippen LogP contribution in [0, 0.1) is 0 Å². The van der Waals surface area contributed by atoms with Gasteiger partial charge in [-0.1, -0.05) is 191 Å². The molecule has 9 aromatic carbocycles. The summed E-state index contributed by atoms with van der Waals surface area (Å²) in [6.07, 6.45) is 1.96. The first-order valence-electron chi connectivity index (χ1n) is 23.9. The van der Waals surface area contributed by atoms with Crippen LogP contribution in [0.3, 0.4) is 0 Å². The van der Waals surface area contributed by atoms with E-state index in [0.717, 1.165) is 39.8 Å². The molecule has 4 heteroatoms. The van der Waals surface area contributed by atoms with E-state index in [2.05, 4.69) is 255 Å². The number of ether oxygens (including phenoxy) is 1. The second kappa shape index (κ2) is 17.0. The van der Waals surface area contributed by atoms with E-state index in [1.807, 2.05) is 18.3 Å². The topological polar surface area (TPSA) is 28.6 Å². The Hall–Kier alpha value is -8.47. The van der Waals surface area contributed by atoms with Crippen molar-refractivity contribution in [2.45, 2.75) is 31.6 Å². The molecule has 1 aliphatic heterocycles. The van der Waals surface area contributed by atoms with Gasteiger partial charge in [0, 0.05) is 34.6 Å². The Kier molecular flexibility index (Phi) is 10.3. The first-order valence-corrected chi connectivity index (χ1v) is 23.9. The van der Waals surface area contributed by atoms with Crippen molar-refractivity contribution < 1.29 is 4.74 Å². The minimum absolute atomic E-state index is 0.0540. The van der Waals surface area contributed by atoms with E-state index in [-0.39, 0.29) is 5.41 Å². The monoisotopic (exact) mass is 889 g/mol. The van der Waals surface area contributed by atoms with Gasteiger partial charge in [0.2, 0.25) is 0 Å². The molecule has 2 aliphatic rings. The standard InChI is InChI=1S/C65H51N3O/c1-64(2,3)50-40-56(45-21-7-4-8-22-45)63(57(41-50)46-23-9-5-10-24-46)68-44-67(61-35-17-18-36-62(61)68)51-28-20-30-53(43-51)69-52-29-19-25-47(39-52)60-42-49(37-38-66-60)65(48-26-11-6-12-27-48)58-33-15-13-31-54(58)55-32-14-16-34-59(55)65/h4-43H,44H2,1-3H3. The Morgan fingerprint density at radius 2 is 0.957 bits per heavy atom. The van der Waals surface area contributed by atoms with Gasteiger partial charge in [0.05, 0.1) is 28.2 Å². The lowest BCUT2D eigenvalue weighted by atomic mass is 9.68. The van der Waals surface area contributed by atoms with Gasteiger partial charge in [-0.3, -0.25) is 4.98 Å². The first-order chi connectivity index (χ1) is 33.8. The number of rotatable bonds is 9. The molecule has 332 valence electrons. The van der Waals surface area contributed by atoms with Crippen molar-refractivity contribution in [2.75, 3.05) is 16.5 Å². The molecule has 0 saturated heterocycles. The molecule has 0 amide bonds. The molecule has 0 fully saturated rings. The zero-order chi connectivity index (χ0) is 46.5. The van der Waals surface area contributed by atoms with Gasteiger partial charge in [-0.05, 0) is 116 Å². The summed E-state index contributed by atoms with van der Waals surface area (Å²) in [6.45, 7) is 7.52. The van der Waals surface area contributed by atoms with Crippen molar-refractivity contribution in [2.24, 2.45) is 0 Å². The molecule has 0 radical (unpaired) electrons. The third-order valence-corrected chi connectivity index (χ3v) is 14.0. The van der Waals surface area contributed by atoms with Crippen molar-refractivity contribution in [3.8, 4) is 56.1 Å². The van der Waals surface area contributed by atoms with E-state index >= 15 is 0 Å². The highest BCUT2D eigenvalue weighted by molar-refractivity contribution is 5.99. The molecule has 12 rings (SSSR count). The number of para-hydroxylation sites is 2. The zero-order valence-electron chi connectivity index (χ0n) is 39.1. The summed E-state index contributed by atoms with van der Waals surface area (Å²) < 4.78 is 6.78. The van der Waals surface area contributed by atoms with Crippen molar-refractivity contribution in [1.29, 1.82) is 0 Å². The molecule has 0 unspecified atom stereocenters. The fourth-order valence-electron chi connectivity index (χ4n) is 10.8. The van der Waals surface area contributed by atoms with Gasteiger partial charge in [0.15, 0.2) is 0 Å². The maximum atomic E-state index is 6.78. The van der Waals surface area contributed by atoms with Gasteiger partial charge >= 0.3 is 0 Å². The highest BCUT2D eigenvalue weighted by Gasteiger charge is 2.46. The van der Waals surface area contributed by atoms with Crippen LogP contribution in [0.15, 0.2) is 243 Å². The molecule has 1 aliphatic carbocycles. The Labute approximate surface area is 405 Å². The van der Waals surface area contributed by atoms with Crippen LogP contribution in [0.2, 0.25) is 0 Å². The smallest absolute Gasteiger partial charge is 0.129 e. The van der Waals surface area contributed by atoms with E-state index in [9.17, 15) is 0 Å². The van der Waals surface area contributed by atoms with Crippen LogP contribution in [-0.4, -0.2) is 11.7 Å². The number of hydrogen-bond donors (Lipinski definition) is 0. The van der Waals surface area contributed by atoms with Crippen LogP contribution in [0.5, 0.6) is 11.5 Å². The molecule has 4 nitrogen and oxygen atoms in total. The lowest BCUT2D eigenvalue weighted by Gasteiger charge is -2.34. The third-order valence-electron chi connectivity index (χ3n) is 14.0. The maximum Gasteiger partial charge on any atom is 0.129 e. The average Bonchev–Trinajstić information content (AvgIpc) is 3.94. The van der Waals surface area contributed by atoms with Gasteiger partial charge < -0.3 is 14.5 Å².